The number of methoxy groups -OCH3 is 1. The van der Waals surface area contributed by atoms with E-state index < -0.39 is 17.1 Å². The summed E-state index contributed by atoms with van der Waals surface area (Å²) in [5.74, 6) is 0.640. The summed E-state index contributed by atoms with van der Waals surface area (Å²) < 4.78 is 10.8. The van der Waals surface area contributed by atoms with Crippen LogP contribution in [0.25, 0.3) is 17.4 Å². The Morgan fingerprint density at radius 1 is 1.09 bits per heavy atom. The molecule has 9 heteroatoms. The lowest BCUT2D eigenvalue weighted by molar-refractivity contribution is -0.127. The molecule has 1 N–H and O–H groups in total. The van der Waals surface area contributed by atoms with Crippen molar-refractivity contribution in [3.63, 3.8) is 0 Å². The molecule has 1 aromatic heterocycles. The average molecular weight is 469 g/mol. The second-order valence-corrected chi connectivity index (χ2v) is 8.18. The first-order valence-electron chi connectivity index (χ1n) is 9.48. The molecule has 4 rings (SSSR count). The monoisotopic (exact) mass is 468 g/mol. The van der Waals surface area contributed by atoms with Crippen molar-refractivity contribution in [1.82, 2.24) is 4.90 Å². The zero-order chi connectivity index (χ0) is 22.7. The Morgan fingerprint density at radius 3 is 2.50 bits per heavy atom. The lowest BCUT2D eigenvalue weighted by Crippen LogP contribution is -2.36. The zero-order valence-electron chi connectivity index (χ0n) is 16.8. The Balaban J connectivity index is 1.42. The Kier molecular flexibility index (Phi) is 6.34. The van der Waals surface area contributed by atoms with Gasteiger partial charge in [-0.2, -0.15) is 0 Å². The lowest BCUT2D eigenvalue weighted by atomic mass is 10.2. The molecule has 3 amide bonds. The Bertz CT molecular complexity index is 1200. The van der Waals surface area contributed by atoms with Crippen molar-refractivity contribution in [3.8, 4) is 17.1 Å². The molecule has 2 aromatic carbocycles. The number of nitrogens with one attached hydrogen (secondary N) is 1. The highest BCUT2D eigenvalue weighted by molar-refractivity contribution is 8.18. The van der Waals surface area contributed by atoms with Crippen molar-refractivity contribution in [2.75, 3.05) is 19.0 Å². The molecular weight excluding hydrogens is 452 g/mol. The molecule has 0 atom stereocenters. The number of carbonyl (C=O) groups excluding carboxylic acids is 3. The van der Waals surface area contributed by atoms with Crippen LogP contribution in [0.15, 0.2) is 70.0 Å². The fourth-order valence-electron chi connectivity index (χ4n) is 2.98. The van der Waals surface area contributed by atoms with Crippen LogP contribution in [0.4, 0.5) is 10.5 Å². The number of halogens is 1. The summed E-state index contributed by atoms with van der Waals surface area (Å²) in [6.07, 6.45) is 1.49. The van der Waals surface area contributed by atoms with Crippen LogP contribution in [0.2, 0.25) is 5.02 Å². The van der Waals surface area contributed by atoms with Gasteiger partial charge in [-0.1, -0.05) is 11.6 Å². The summed E-state index contributed by atoms with van der Waals surface area (Å²) in [6.45, 7) is -0.387. The largest absolute Gasteiger partial charge is 0.497 e. The number of thioether (sulfide) groups is 1. The van der Waals surface area contributed by atoms with Crippen LogP contribution in [-0.4, -0.2) is 35.6 Å². The van der Waals surface area contributed by atoms with Gasteiger partial charge in [0.25, 0.3) is 11.1 Å². The molecule has 7 nitrogen and oxygen atoms in total. The molecule has 0 spiro atoms. The molecule has 3 aromatic rings. The second kappa shape index (κ2) is 9.33. The third-order valence-corrected chi connectivity index (χ3v) is 5.74. The van der Waals surface area contributed by atoms with E-state index in [-0.39, 0.29) is 11.4 Å². The molecule has 0 bridgehead atoms. The van der Waals surface area contributed by atoms with Gasteiger partial charge in [-0.05, 0) is 72.4 Å². The SMILES string of the molecule is COc1ccc(NC(=O)CN2C(=O)S/C(=C/c3ccc(-c4ccc(Cl)cc4)o3)C2=O)cc1. The van der Waals surface area contributed by atoms with Crippen molar-refractivity contribution in [3.05, 3.63) is 76.4 Å². The molecule has 1 aliphatic heterocycles. The number of imide groups is 1. The molecule has 0 saturated carbocycles. The molecule has 162 valence electrons. The highest BCUT2D eigenvalue weighted by atomic mass is 35.5. The van der Waals surface area contributed by atoms with Crippen molar-refractivity contribution < 1.29 is 23.5 Å². The van der Waals surface area contributed by atoms with Crippen LogP contribution in [0.1, 0.15) is 5.76 Å². The third-order valence-electron chi connectivity index (χ3n) is 4.58. The molecule has 0 aliphatic carbocycles. The summed E-state index contributed by atoms with van der Waals surface area (Å²) in [4.78, 5) is 38.4. The highest BCUT2D eigenvalue weighted by Gasteiger charge is 2.36. The third kappa shape index (κ3) is 4.87. The van der Waals surface area contributed by atoms with E-state index in [2.05, 4.69) is 5.32 Å². The Hall–Kier alpha value is -3.49. The van der Waals surface area contributed by atoms with E-state index in [1.807, 2.05) is 12.1 Å². The summed E-state index contributed by atoms with van der Waals surface area (Å²) in [7, 11) is 1.54. The quantitative estimate of drug-likeness (QED) is 0.495. The number of benzene rings is 2. The number of furan rings is 1. The molecule has 1 fully saturated rings. The van der Waals surface area contributed by atoms with Gasteiger partial charge in [0.15, 0.2) is 0 Å². The number of rotatable bonds is 6. The first-order valence-corrected chi connectivity index (χ1v) is 10.7. The highest BCUT2D eigenvalue weighted by Crippen LogP contribution is 2.33. The van der Waals surface area contributed by atoms with E-state index in [1.165, 1.54) is 6.08 Å². The molecule has 0 radical (unpaired) electrons. The number of anilines is 1. The summed E-state index contributed by atoms with van der Waals surface area (Å²) in [5, 5.41) is 2.75. The Labute approximate surface area is 193 Å². The van der Waals surface area contributed by atoms with Gasteiger partial charge in [-0.15, -0.1) is 0 Å². The van der Waals surface area contributed by atoms with Gasteiger partial charge < -0.3 is 14.5 Å². The van der Waals surface area contributed by atoms with Crippen LogP contribution in [0.3, 0.4) is 0 Å². The number of carbonyl (C=O) groups is 3. The number of amides is 3. The maximum Gasteiger partial charge on any atom is 0.294 e. The van der Waals surface area contributed by atoms with Crippen molar-refractivity contribution in [2.24, 2.45) is 0 Å². The molecule has 1 saturated heterocycles. The minimum Gasteiger partial charge on any atom is -0.497 e. The fraction of sp³-hybridized carbons (Fsp3) is 0.0870. The van der Waals surface area contributed by atoms with Crippen LogP contribution in [0.5, 0.6) is 5.75 Å². The molecular formula is C23H17ClN2O5S. The maximum absolute atomic E-state index is 12.7. The predicted octanol–water partition coefficient (Wildman–Crippen LogP) is 5.28. The van der Waals surface area contributed by atoms with E-state index in [9.17, 15) is 14.4 Å². The minimum absolute atomic E-state index is 0.184. The van der Waals surface area contributed by atoms with Crippen LogP contribution in [0, 0.1) is 0 Å². The molecule has 0 unspecified atom stereocenters. The smallest absolute Gasteiger partial charge is 0.294 e. The lowest BCUT2D eigenvalue weighted by Gasteiger charge is -2.12. The first-order chi connectivity index (χ1) is 15.4. The average Bonchev–Trinajstić information content (AvgIpc) is 3.35. The van der Waals surface area contributed by atoms with Crippen LogP contribution < -0.4 is 10.1 Å². The topological polar surface area (TPSA) is 88.8 Å². The second-order valence-electron chi connectivity index (χ2n) is 6.75. The van der Waals surface area contributed by atoms with Gasteiger partial charge in [0.05, 0.1) is 12.0 Å². The first kappa shape index (κ1) is 21.7. The summed E-state index contributed by atoms with van der Waals surface area (Å²) in [5.41, 5.74) is 1.36. The normalized spacial score (nSPS) is 14.8. The number of hydrogen-bond acceptors (Lipinski definition) is 6. The van der Waals surface area contributed by atoms with E-state index in [4.69, 9.17) is 20.8 Å². The summed E-state index contributed by atoms with van der Waals surface area (Å²) in [6, 6.07) is 17.3. The van der Waals surface area contributed by atoms with Crippen molar-refractivity contribution in [2.45, 2.75) is 0 Å². The van der Waals surface area contributed by atoms with Gasteiger partial charge >= 0.3 is 0 Å². The van der Waals surface area contributed by atoms with E-state index in [0.29, 0.717) is 28.0 Å². The van der Waals surface area contributed by atoms with Crippen molar-refractivity contribution >= 4 is 52.2 Å². The fourth-order valence-corrected chi connectivity index (χ4v) is 3.93. The standard InChI is InChI=1S/C23H17ClN2O5S/c1-30-17-8-6-16(7-9-17)25-21(27)13-26-22(28)20(32-23(26)29)12-18-10-11-19(31-18)14-2-4-15(24)5-3-14/h2-12H,13H2,1H3,(H,25,27)/b20-12+. The summed E-state index contributed by atoms with van der Waals surface area (Å²) >= 11 is 6.67. The number of nitrogens with zero attached hydrogens (tertiary/aromatic N) is 1. The molecule has 2 heterocycles. The van der Waals surface area contributed by atoms with Gasteiger partial charge in [0.2, 0.25) is 5.91 Å². The van der Waals surface area contributed by atoms with Gasteiger partial charge in [-0.25, -0.2) is 0 Å². The Morgan fingerprint density at radius 2 is 1.81 bits per heavy atom. The van der Waals surface area contributed by atoms with Crippen molar-refractivity contribution in [1.29, 1.82) is 0 Å². The number of hydrogen-bond donors (Lipinski definition) is 1. The van der Waals surface area contributed by atoms with Crippen LogP contribution >= 0.6 is 23.4 Å². The molecule has 1 aliphatic rings. The van der Waals surface area contributed by atoms with E-state index in [0.717, 1.165) is 22.2 Å². The predicted molar refractivity (Wildman–Crippen MR) is 123 cm³/mol. The van der Waals surface area contributed by atoms with Crippen LogP contribution in [-0.2, 0) is 9.59 Å². The molecule has 32 heavy (non-hydrogen) atoms. The van der Waals surface area contributed by atoms with E-state index >= 15 is 0 Å². The zero-order valence-corrected chi connectivity index (χ0v) is 18.4. The van der Waals surface area contributed by atoms with Gasteiger partial charge in [0, 0.05) is 22.3 Å². The number of ether oxygens (including phenoxy) is 1. The minimum atomic E-state index is -0.547. The van der Waals surface area contributed by atoms with E-state index in [1.54, 1.807) is 55.6 Å². The maximum atomic E-state index is 12.7. The van der Waals surface area contributed by atoms with Gasteiger partial charge in [-0.3, -0.25) is 19.3 Å². The van der Waals surface area contributed by atoms with Gasteiger partial charge in [0.1, 0.15) is 23.8 Å².